The largest absolute Gasteiger partial charge is 0.424 e. The second-order valence-corrected chi connectivity index (χ2v) is 18.9. The number of hydrogen-bond donors (Lipinski definition) is 6. The van der Waals surface area contributed by atoms with Gasteiger partial charge in [0, 0.05) is 11.8 Å². The molecule has 0 spiro atoms. The van der Waals surface area contributed by atoms with E-state index in [9.17, 15) is 30.6 Å². The summed E-state index contributed by atoms with van der Waals surface area (Å²) in [5.41, 5.74) is 0. The summed E-state index contributed by atoms with van der Waals surface area (Å²) in [4.78, 5) is 0. The van der Waals surface area contributed by atoms with E-state index in [1.165, 1.54) is 0 Å². The molecule has 0 aliphatic carbocycles. The van der Waals surface area contributed by atoms with Crippen molar-refractivity contribution in [1.82, 2.24) is 0 Å². The summed E-state index contributed by atoms with van der Waals surface area (Å²) in [6.45, 7) is 21.3. The molecule has 5 rings (SSSR count). The fourth-order valence-electron chi connectivity index (χ4n) is 9.53. The highest BCUT2D eigenvalue weighted by Gasteiger charge is 2.54. The average Bonchev–Trinajstić information content (AvgIpc) is 3.21. The summed E-state index contributed by atoms with van der Waals surface area (Å²) in [5, 5.41) is 64.7. The van der Waals surface area contributed by atoms with Crippen LogP contribution in [0.5, 0.6) is 0 Å². The molecule has 59 heavy (non-hydrogen) atoms. The molecule has 0 aromatic carbocycles. The second-order valence-electron chi connectivity index (χ2n) is 18.0. The van der Waals surface area contributed by atoms with Gasteiger partial charge in [0.25, 0.3) is 0 Å². The standard InChI is InChI=1S/C41H76BO16P/c1-12-24-33(18(5)17(4)23(10)49-24)54-38-21(8)19(6)34(25(13-2)50-38)55-39-22(9)20(7)35(26(14-3)51-39)56-40-31(47)29(45)36(27(15-43)52-40)57-41-32(48)30(46)37(58-42(11)59)28(16-44)53-41/h17-41,43-48H,12-16,59H2,1-11H3/t17?,18-,19?,20?,21?,22?,23-,24?,25+,26+,27?,28?,29-,30-,31?,32?,33+,34+,35+,36-,37-,38+,39-,40+,41-/m1/s1. The van der Waals surface area contributed by atoms with Gasteiger partial charge in [-0.2, -0.15) is 0 Å². The smallest absolute Gasteiger partial charge is 0.312 e. The van der Waals surface area contributed by atoms with Crippen molar-refractivity contribution < 1.29 is 77.9 Å². The molecule has 5 heterocycles. The Morgan fingerprint density at radius 1 is 0.441 bits per heavy atom. The van der Waals surface area contributed by atoms with Gasteiger partial charge in [0.15, 0.2) is 25.2 Å². The van der Waals surface area contributed by atoms with Crippen LogP contribution in [0.15, 0.2) is 0 Å². The van der Waals surface area contributed by atoms with Crippen LogP contribution in [0.25, 0.3) is 0 Å². The van der Waals surface area contributed by atoms with E-state index in [-0.39, 0.29) is 54.2 Å². The van der Waals surface area contributed by atoms with Crippen LogP contribution >= 0.6 is 9.12 Å². The van der Waals surface area contributed by atoms with Crippen molar-refractivity contribution in [3.63, 3.8) is 0 Å². The van der Waals surface area contributed by atoms with Gasteiger partial charge in [-0.3, -0.25) is 0 Å². The third kappa shape index (κ3) is 10.7. The van der Waals surface area contributed by atoms with Gasteiger partial charge in [0.1, 0.15) is 42.7 Å². The maximum atomic E-state index is 11.3. The molecule has 344 valence electrons. The minimum Gasteiger partial charge on any atom is -0.424 e. The molecule has 0 radical (unpaired) electrons. The van der Waals surface area contributed by atoms with Crippen LogP contribution in [0.3, 0.4) is 0 Å². The Kier molecular flexibility index (Phi) is 18.3. The summed E-state index contributed by atoms with van der Waals surface area (Å²) in [6, 6.07) is 0. The normalized spacial score (nSPS) is 51.1. The van der Waals surface area contributed by atoms with Gasteiger partial charge in [-0.05, 0) is 49.9 Å². The molecule has 0 amide bonds. The first-order chi connectivity index (χ1) is 27.9. The van der Waals surface area contributed by atoms with Crippen molar-refractivity contribution in [2.75, 3.05) is 13.2 Å². The van der Waals surface area contributed by atoms with Crippen molar-refractivity contribution in [3.05, 3.63) is 0 Å². The lowest BCUT2D eigenvalue weighted by Gasteiger charge is -2.51. The van der Waals surface area contributed by atoms with E-state index < -0.39 is 106 Å². The summed E-state index contributed by atoms with van der Waals surface area (Å²) in [7, 11) is 2.40. The van der Waals surface area contributed by atoms with E-state index in [4.69, 9.17) is 47.3 Å². The minimum atomic E-state index is -1.66. The van der Waals surface area contributed by atoms with E-state index in [0.29, 0.717) is 18.3 Å². The van der Waals surface area contributed by atoms with Crippen molar-refractivity contribution in [1.29, 1.82) is 0 Å². The summed E-state index contributed by atoms with van der Waals surface area (Å²) < 4.78 is 63.2. The SMILES string of the molecule is CCC1O[C@H](C)C(C)[C@@H](C)[C@@H]1O[C@@H]1O[C@@H](CC)[C@@H](O[C@H]2O[C@@H](CC)[C@@H](O[C@@H]3OC(CO)[C@@H](O[C@H]4OC(CO)[C@@H](OB(C)P)[C@H](O)C4O)[C@H](O)C3O)C(C)C2C)C(C)C1C. The zero-order valence-corrected chi connectivity index (χ0v) is 38.0. The predicted octanol–water partition coefficient (Wildman–Crippen LogP) is 2.07. The van der Waals surface area contributed by atoms with E-state index in [0.717, 1.165) is 12.8 Å². The van der Waals surface area contributed by atoms with E-state index in [1.54, 1.807) is 6.82 Å². The third-order valence-electron chi connectivity index (χ3n) is 14.1. The molecule has 11 unspecified atom stereocenters. The summed E-state index contributed by atoms with van der Waals surface area (Å²) in [5.74, 6) is 0.458. The zero-order chi connectivity index (χ0) is 43.6. The Labute approximate surface area is 353 Å². The van der Waals surface area contributed by atoms with Gasteiger partial charge in [-0.15, -0.1) is 9.12 Å². The first kappa shape index (κ1) is 49.9. The Balaban J connectivity index is 1.22. The van der Waals surface area contributed by atoms with Crippen LogP contribution in [-0.4, -0.2) is 167 Å². The summed E-state index contributed by atoms with van der Waals surface area (Å²) in [6.07, 6.45) is -14.5. The zero-order valence-electron chi connectivity index (χ0n) is 36.9. The third-order valence-corrected chi connectivity index (χ3v) is 14.3. The number of ether oxygens (including phenoxy) is 9. The Morgan fingerprint density at radius 2 is 0.780 bits per heavy atom. The number of hydrogen-bond acceptors (Lipinski definition) is 16. The molecular formula is C41H76BO16P. The predicted molar refractivity (Wildman–Crippen MR) is 219 cm³/mol. The average molecular weight is 867 g/mol. The van der Waals surface area contributed by atoms with Crippen molar-refractivity contribution in [3.8, 4) is 0 Å². The van der Waals surface area contributed by atoms with Gasteiger partial charge in [-0.1, -0.05) is 69.1 Å². The molecule has 0 bridgehead atoms. The Hall–Kier alpha value is -0.145. The topological polar surface area (TPSA) is 214 Å². The second kappa shape index (κ2) is 21.7. The molecule has 26 atom stereocenters. The number of aliphatic hydroxyl groups is 6. The quantitative estimate of drug-likeness (QED) is 0.103. The molecule has 16 nitrogen and oxygen atoms in total. The minimum absolute atomic E-state index is 0.00175. The van der Waals surface area contributed by atoms with E-state index >= 15 is 0 Å². The van der Waals surface area contributed by atoms with Gasteiger partial charge >= 0.3 is 6.64 Å². The van der Waals surface area contributed by atoms with Crippen LogP contribution in [0.1, 0.15) is 88.5 Å². The van der Waals surface area contributed by atoms with Crippen LogP contribution < -0.4 is 0 Å². The molecule has 5 aliphatic heterocycles. The van der Waals surface area contributed by atoms with Gasteiger partial charge in [-0.25, -0.2) is 0 Å². The van der Waals surface area contributed by atoms with Gasteiger partial charge in [0.2, 0.25) is 0 Å². The molecule has 5 fully saturated rings. The molecule has 0 saturated carbocycles. The molecular weight excluding hydrogens is 790 g/mol. The number of aliphatic hydroxyl groups excluding tert-OH is 6. The monoisotopic (exact) mass is 866 g/mol. The van der Waals surface area contributed by atoms with Gasteiger partial charge < -0.3 is 77.9 Å². The lowest BCUT2D eigenvalue weighted by atomic mass is 9.80. The molecule has 5 aliphatic rings. The highest BCUT2D eigenvalue weighted by atomic mass is 31.0. The van der Waals surface area contributed by atoms with Gasteiger partial charge in [0.05, 0.1) is 62.0 Å². The highest BCUT2D eigenvalue weighted by Crippen LogP contribution is 2.43. The lowest BCUT2D eigenvalue weighted by Crippen LogP contribution is -2.66. The molecule has 0 aromatic rings. The lowest BCUT2D eigenvalue weighted by molar-refractivity contribution is -0.377. The first-order valence-corrected chi connectivity index (χ1v) is 22.8. The van der Waals surface area contributed by atoms with Crippen molar-refractivity contribution in [2.24, 2.45) is 35.5 Å². The molecule has 0 aromatic heterocycles. The Bertz CT molecular complexity index is 1270. The maximum absolute atomic E-state index is 11.3. The van der Waals surface area contributed by atoms with Crippen LogP contribution in [-0.2, 0) is 47.3 Å². The van der Waals surface area contributed by atoms with Crippen molar-refractivity contribution >= 4 is 15.8 Å². The number of rotatable bonds is 15. The van der Waals surface area contributed by atoms with Crippen molar-refractivity contribution in [2.45, 2.75) is 212 Å². The fraction of sp³-hybridized carbons (Fsp3) is 1.00. The van der Waals surface area contributed by atoms with Crippen LogP contribution in [0.2, 0.25) is 6.82 Å². The maximum Gasteiger partial charge on any atom is 0.312 e. The first-order valence-electron chi connectivity index (χ1n) is 22.2. The van der Waals surface area contributed by atoms with E-state index in [2.05, 4.69) is 57.6 Å². The molecule has 18 heteroatoms. The summed E-state index contributed by atoms with van der Waals surface area (Å²) >= 11 is 0. The van der Waals surface area contributed by atoms with Crippen LogP contribution in [0, 0.1) is 35.5 Å². The fourth-order valence-corrected chi connectivity index (χ4v) is 9.71. The van der Waals surface area contributed by atoms with E-state index in [1.807, 2.05) is 20.8 Å². The molecule has 5 saturated heterocycles. The van der Waals surface area contributed by atoms with Crippen LogP contribution in [0.4, 0.5) is 0 Å². The Morgan fingerprint density at radius 3 is 1.19 bits per heavy atom. The molecule has 6 N–H and O–H groups in total. The highest BCUT2D eigenvalue weighted by molar-refractivity contribution is 7.60.